The summed E-state index contributed by atoms with van der Waals surface area (Å²) >= 11 is 0. The molecule has 3 fully saturated rings. The van der Waals surface area contributed by atoms with Crippen LogP contribution in [0.15, 0.2) is 24.3 Å². The van der Waals surface area contributed by atoms with Gasteiger partial charge in [-0.1, -0.05) is 12.1 Å². The number of anilines is 1. The van der Waals surface area contributed by atoms with Crippen molar-refractivity contribution in [1.82, 2.24) is 10.2 Å². The molecule has 1 aromatic carbocycles. The normalized spacial score (nSPS) is 26.1. The van der Waals surface area contributed by atoms with Gasteiger partial charge in [-0.2, -0.15) is 0 Å². The van der Waals surface area contributed by atoms with E-state index in [9.17, 15) is 9.59 Å². The second kappa shape index (κ2) is 6.20. The quantitative estimate of drug-likeness (QED) is 0.924. The van der Waals surface area contributed by atoms with Crippen molar-refractivity contribution >= 4 is 17.5 Å². The Bertz CT molecular complexity index is 642. The van der Waals surface area contributed by atoms with Crippen LogP contribution in [0.5, 0.6) is 0 Å². The third kappa shape index (κ3) is 2.71. The Balaban J connectivity index is 1.64. The number of rotatable bonds is 3. The molecule has 24 heavy (non-hydrogen) atoms. The zero-order valence-electron chi connectivity index (χ0n) is 14.2. The van der Waals surface area contributed by atoms with E-state index in [4.69, 9.17) is 0 Å². The van der Waals surface area contributed by atoms with Crippen LogP contribution < -0.4 is 10.2 Å². The summed E-state index contributed by atoms with van der Waals surface area (Å²) in [5, 5.41) is 3.44. The molecular weight excluding hydrogens is 302 g/mol. The minimum absolute atomic E-state index is 0.0808. The Kier molecular flexibility index (Phi) is 4.04. The summed E-state index contributed by atoms with van der Waals surface area (Å²) in [4.78, 5) is 29.5. The predicted molar refractivity (Wildman–Crippen MR) is 93.0 cm³/mol. The lowest BCUT2D eigenvalue weighted by Crippen LogP contribution is -2.43. The second-order valence-electron chi connectivity index (χ2n) is 7.28. The zero-order chi connectivity index (χ0) is 16.7. The van der Waals surface area contributed by atoms with Crippen molar-refractivity contribution in [3.8, 4) is 0 Å². The molecule has 1 aliphatic carbocycles. The summed E-state index contributed by atoms with van der Waals surface area (Å²) in [5.74, 6) is 0.365. The first-order valence-corrected chi connectivity index (χ1v) is 9.07. The standard InChI is InChI=1S/C19H25N3O2/c1-21(18(23)13-6-7-13)17-5-3-2-4-16(17)19(24)22-14-8-9-15(22)12-20-11-10-14/h2-5,13-15,20H,6-12H2,1H3. The highest BCUT2D eigenvalue weighted by atomic mass is 16.2. The molecular formula is C19H25N3O2. The van der Waals surface area contributed by atoms with E-state index in [0.29, 0.717) is 11.6 Å². The highest BCUT2D eigenvalue weighted by Crippen LogP contribution is 2.35. The number of nitrogens with zero attached hydrogens (tertiary/aromatic N) is 2. The summed E-state index contributed by atoms with van der Waals surface area (Å²) in [7, 11) is 1.80. The Labute approximate surface area is 143 Å². The van der Waals surface area contributed by atoms with Crippen LogP contribution in [-0.2, 0) is 4.79 Å². The maximum atomic E-state index is 13.3. The van der Waals surface area contributed by atoms with Gasteiger partial charge in [-0.25, -0.2) is 0 Å². The van der Waals surface area contributed by atoms with E-state index < -0.39 is 0 Å². The molecule has 0 radical (unpaired) electrons. The highest BCUT2D eigenvalue weighted by molar-refractivity contribution is 6.05. The molecule has 0 aromatic heterocycles. The van der Waals surface area contributed by atoms with Crippen molar-refractivity contribution in [2.24, 2.45) is 5.92 Å². The lowest BCUT2D eigenvalue weighted by molar-refractivity contribution is -0.119. The average Bonchev–Trinajstić information content (AvgIpc) is 3.38. The number of amides is 2. The molecule has 1 aromatic rings. The Morgan fingerprint density at radius 3 is 2.62 bits per heavy atom. The zero-order valence-corrected chi connectivity index (χ0v) is 14.2. The molecule has 128 valence electrons. The first-order chi connectivity index (χ1) is 11.7. The lowest BCUT2D eigenvalue weighted by Gasteiger charge is -2.30. The van der Waals surface area contributed by atoms with Crippen LogP contribution in [0.3, 0.4) is 0 Å². The van der Waals surface area contributed by atoms with E-state index in [0.717, 1.165) is 50.9 Å². The van der Waals surface area contributed by atoms with Crippen LogP contribution in [-0.4, -0.2) is 48.9 Å². The van der Waals surface area contributed by atoms with Gasteiger partial charge in [0.25, 0.3) is 5.91 Å². The van der Waals surface area contributed by atoms with Crippen molar-refractivity contribution < 1.29 is 9.59 Å². The molecule has 2 amide bonds. The van der Waals surface area contributed by atoms with Gasteiger partial charge in [-0.05, 0) is 50.8 Å². The topological polar surface area (TPSA) is 52.7 Å². The van der Waals surface area contributed by atoms with Crippen LogP contribution in [0.2, 0.25) is 0 Å². The summed E-state index contributed by atoms with van der Waals surface area (Å²) in [6.07, 6.45) is 5.13. The molecule has 2 aliphatic heterocycles. The van der Waals surface area contributed by atoms with Gasteiger partial charge in [0, 0.05) is 31.6 Å². The lowest BCUT2D eigenvalue weighted by atomic mass is 10.1. The van der Waals surface area contributed by atoms with Crippen molar-refractivity contribution in [3.05, 3.63) is 29.8 Å². The molecule has 3 aliphatic rings. The van der Waals surface area contributed by atoms with Crippen LogP contribution in [0.25, 0.3) is 0 Å². The van der Waals surface area contributed by atoms with E-state index in [2.05, 4.69) is 10.2 Å². The molecule has 2 atom stereocenters. The fourth-order valence-corrected chi connectivity index (χ4v) is 4.12. The number of carbonyl (C=O) groups is 2. The first-order valence-electron chi connectivity index (χ1n) is 9.07. The molecule has 5 heteroatoms. The van der Waals surface area contributed by atoms with Gasteiger partial charge in [-0.3, -0.25) is 9.59 Å². The summed E-state index contributed by atoms with van der Waals surface area (Å²) in [5.41, 5.74) is 1.41. The molecule has 0 spiro atoms. The molecule has 5 nitrogen and oxygen atoms in total. The maximum Gasteiger partial charge on any atom is 0.256 e. The Hall–Kier alpha value is -1.88. The van der Waals surface area contributed by atoms with Gasteiger partial charge >= 0.3 is 0 Å². The summed E-state index contributed by atoms with van der Waals surface area (Å²) in [6, 6.07) is 8.17. The predicted octanol–water partition coefficient (Wildman–Crippen LogP) is 2.03. The van der Waals surface area contributed by atoms with Gasteiger partial charge in [-0.15, -0.1) is 0 Å². The van der Waals surface area contributed by atoms with E-state index >= 15 is 0 Å². The maximum absolute atomic E-state index is 13.3. The smallest absolute Gasteiger partial charge is 0.256 e. The number of hydrogen-bond donors (Lipinski definition) is 1. The summed E-state index contributed by atoms with van der Waals surface area (Å²) < 4.78 is 0. The minimum atomic E-state index is 0.0808. The molecule has 2 bridgehead atoms. The van der Waals surface area contributed by atoms with E-state index in [-0.39, 0.29) is 23.8 Å². The Morgan fingerprint density at radius 2 is 1.83 bits per heavy atom. The van der Waals surface area contributed by atoms with Gasteiger partial charge < -0.3 is 15.1 Å². The molecule has 1 saturated carbocycles. The summed E-state index contributed by atoms with van der Waals surface area (Å²) in [6.45, 7) is 1.86. The number of benzene rings is 1. The largest absolute Gasteiger partial charge is 0.331 e. The number of para-hydroxylation sites is 1. The molecule has 1 N–H and O–H groups in total. The van der Waals surface area contributed by atoms with Gasteiger partial charge in [0.15, 0.2) is 0 Å². The van der Waals surface area contributed by atoms with E-state index in [1.54, 1.807) is 11.9 Å². The fourth-order valence-electron chi connectivity index (χ4n) is 4.12. The van der Waals surface area contributed by atoms with Crippen LogP contribution in [0.1, 0.15) is 42.5 Å². The molecule has 2 heterocycles. The average molecular weight is 327 g/mol. The fraction of sp³-hybridized carbons (Fsp3) is 0.579. The number of hydrogen-bond acceptors (Lipinski definition) is 3. The minimum Gasteiger partial charge on any atom is -0.331 e. The number of carbonyl (C=O) groups excluding carboxylic acids is 2. The van der Waals surface area contributed by atoms with E-state index in [1.165, 1.54) is 0 Å². The van der Waals surface area contributed by atoms with Crippen molar-refractivity contribution in [2.75, 3.05) is 25.0 Å². The van der Waals surface area contributed by atoms with Crippen LogP contribution >= 0.6 is 0 Å². The van der Waals surface area contributed by atoms with E-state index in [1.807, 2.05) is 24.3 Å². The SMILES string of the molecule is CN(C(=O)C1CC1)c1ccccc1C(=O)N1C2CCNCC1CC2. The van der Waals surface area contributed by atoms with Gasteiger partial charge in [0.05, 0.1) is 11.3 Å². The van der Waals surface area contributed by atoms with Crippen molar-refractivity contribution in [2.45, 2.75) is 44.2 Å². The number of fused-ring (bicyclic) bond motifs is 2. The van der Waals surface area contributed by atoms with Crippen LogP contribution in [0.4, 0.5) is 5.69 Å². The third-order valence-electron chi connectivity index (χ3n) is 5.64. The first kappa shape index (κ1) is 15.6. The monoisotopic (exact) mass is 327 g/mol. The molecule has 2 saturated heterocycles. The highest BCUT2D eigenvalue weighted by Gasteiger charge is 2.40. The van der Waals surface area contributed by atoms with Gasteiger partial charge in [0.1, 0.15) is 0 Å². The second-order valence-corrected chi connectivity index (χ2v) is 7.28. The van der Waals surface area contributed by atoms with Crippen molar-refractivity contribution in [3.63, 3.8) is 0 Å². The third-order valence-corrected chi connectivity index (χ3v) is 5.64. The Morgan fingerprint density at radius 1 is 1.08 bits per heavy atom. The van der Waals surface area contributed by atoms with Crippen molar-refractivity contribution in [1.29, 1.82) is 0 Å². The molecule has 2 unspecified atom stereocenters. The number of nitrogens with one attached hydrogen (secondary N) is 1. The van der Waals surface area contributed by atoms with Gasteiger partial charge in [0.2, 0.25) is 5.91 Å². The van der Waals surface area contributed by atoms with Crippen LogP contribution in [0, 0.1) is 5.92 Å². The molecule has 4 rings (SSSR count).